The normalized spacial score (nSPS) is 10.4. The third-order valence-corrected chi connectivity index (χ3v) is 3.76. The van der Waals surface area contributed by atoms with Crippen molar-refractivity contribution in [1.82, 2.24) is 0 Å². The molecule has 0 saturated heterocycles. The summed E-state index contributed by atoms with van der Waals surface area (Å²) in [6, 6.07) is 16.2. The van der Waals surface area contributed by atoms with Gasteiger partial charge in [-0.2, -0.15) is 0 Å². The van der Waals surface area contributed by atoms with Gasteiger partial charge in [-0.25, -0.2) is 0 Å². The fourth-order valence-corrected chi connectivity index (χ4v) is 2.42. The molecular formula is C20H22O2. The fourth-order valence-electron chi connectivity index (χ4n) is 2.42. The van der Waals surface area contributed by atoms with Gasteiger partial charge < -0.3 is 0 Å². The summed E-state index contributed by atoms with van der Waals surface area (Å²) in [7, 11) is 0. The zero-order valence-electron chi connectivity index (χ0n) is 13.0. The van der Waals surface area contributed by atoms with Crippen LogP contribution in [0.25, 0.3) is 0 Å². The van der Waals surface area contributed by atoms with Crippen LogP contribution in [0.5, 0.6) is 0 Å². The maximum Gasteiger partial charge on any atom is 0.193 e. The number of hydrogen-bond donors (Lipinski definition) is 0. The molecule has 0 amide bonds. The molecule has 2 nitrogen and oxygen atoms in total. The Hall–Kier alpha value is -2.22. The zero-order valence-corrected chi connectivity index (χ0v) is 13.0. The molecule has 0 bridgehead atoms. The summed E-state index contributed by atoms with van der Waals surface area (Å²) in [5.74, 6) is 0.150. The topological polar surface area (TPSA) is 34.1 Å². The van der Waals surface area contributed by atoms with Crippen molar-refractivity contribution in [3.63, 3.8) is 0 Å². The summed E-state index contributed by atoms with van der Waals surface area (Å²) in [6.45, 7) is 2.16. The van der Waals surface area contributed by atoms with Crippen LogP contribution in [-0.2, 0) is 0 Å². The Bertz CT molecular complexity index is 612. The van der Waals surface area contributed by atoms with Gasteiger partial charge in [-0.1, -0.05) is 80.8 Å². The molecule has 0 spiro atoms. The second-order valence-corrected chi connectivity index (χ2v) is 5.51. The number of ketones is 2. The maximum absolute atomic E-state index is 12.3. The Morgan fingerprint density at radius 2 is 1.32 bits per heavy atom. The zero-order chi connectivity index (χ0) is 15.8. The van der Waals surface area contributed by atoms with E-state index >= 15 is 0 Å². The molecule has 2 heteroatoms. The number of rotatable bonds is 8. The Morgan fingerprint density at radius 1 is 0.727 bits per heavy atom. The van der Waals surface area contributed by atoms with Gasteiger partial charge in [0.05, 0.1) is 0 Å². The van der Waals surface area contributed by atoms with Gasteiger partial charge in [-0.15, -0.1) is 0 Å². The molecule has 0 unspecified atom stereocenters. The second-order valence-electron chi connectivity index (χ2n) is 5.51. The van der Waals surface area contributed by atoms with E-state index in [0.717, 1.165) is 12.8 Å². The third kappa shape index (κ3) is 4.39. The van der Waals surface area contributed by atoms with E-state index in [1.807, 2.05) is 18.2 Å². The standard InChI is InChI=1S/C20H22O2/c1-2-3-4-8-11-19(21)16-12-14-18(15-13-16)20(22)17-9-6-5-7-10-17/h5-7,9-10,12-15H,2-4,8,11H2,1H3. The first-order valence-corrected chi connectivity index (χ1v) is 7.95. The number of carbonyl (C=O) groups is 2. The SMILES string of the molecule is CCCCCCC(=O)c1ccc(C(=O)c2ccccc2)cc1. The van der Waals surface area contributed by atoms with Crippen molar-refractivity contribution in [2.24, 2.45) is 0 Å². The highest BCUT2D eigenvalue weighted by Gasteiger charge is 2.10. The molecule has 0 radical (unpaired) electrons. The quantitative estimate of drug-likeness (QED) is 0.503. The summed E-state index contributed by atoms with van der Waals surface area (Å²) < 4.78 is 0. The lowest BCUT2D eigenvalue weighted by molar-refractivity contribution is 0.0977. The van der Waals surface area contributed by atoms with Gasteiger partial charge in [0, 0.05) is 23.1 Å². The molecule has 0 aliphatic rings. The Balaban J connectivity index is 1.98. The molecule has 0 aromatic heterocycles. The van der Waals surface area contributed by atoms with E-state index in [4.69, 9.17) is 0 Å². The molecule has 0 heterocycles. The first-order valence-electron chi connectivity index (χ1n) is 7.95. The summed E-state index contributed by atoms with van der Waals surface area (Å²) in [5, 5.41) is 0. The largest absolute Gasteiger partial charge is 0.294 e. The monoisotopic (exact) mass is 294 g/mol. The lowest BCUT2D eigenvalue weighted by Crippen LogP contribution is -2.03. The molecule has 0 fully saturated rings. The van der Waals surface area contributed by atoms with Gasteiger partial charge in [0.25, 0.3) is 0 Å². The van der Waals surface area contributed by atoms with Gasteiger partial charge in [0.2, 0.25) is 0 Å². The maximum atomic E-state index is 12.3. The van der Waals surface area contributed by atoms with E-state index < -0.39 is 0 Å². The molecule has 0 aliphatic heterocycles. The molecule has 2 aromatic carbocycles. The lowest BCUT2D eigenvalue weighted by atomic mass is 9.99. The molecule has 2 rings (SSSR count). The van der Waals surface area contributed by atoms with E-state index in [-0.39, 0.29) is 11.6 Å². The average Bonchev–Trinajstić information content (AvgIpc) is 2.59. The van der Waals surface area contributed by atoms with E-state index in [0.29, 0.717) is 23.1 Å². The Labute approximate surface area is 132 Å². The minimum atomic E-state index is -0.0115. The average molecular weight is 294 g/mol. The van der Waals surface area contributed by atoms with Crippen LogP contribution in [0.2, 0.25) is 0 Å². The van der Waals surface area contributed by atoms with Crippen molar-refractivity contribution in [1.29, 1.82) is 0 Å². The van der Waals surface area contributed by atoms with E-state index in [2.05, 4.69) is 6.92 Å². The van der Waals surface area contributed by atoms with E-state index in [1.165, 1.54) is 12.8 Å². The van der Waals surface area contributed by atoms with Crippen LogP contribution in [0.4, 0.5) is 0 Å². The molecule has 0 N–H and O–H groups in total. The predicted molar refractivity (Wildman–Crippen MR) is 89.4 cm³/mol. The van der Waals surface area contributed by atoms with Crippen LogP contribution in [0.1, 0.15) is 65.3 Å². The van der Waals surface area contributed by atoms with Crippen LogP contribution >= 0.6 is 0 Å². The van der Waals surface area contributed by atoms with Crippen LogP contribution in [0.15, 0.2) is 54.6 Å². The van der Waals surface area contributed by atoms with Crippen LogP contribution in [-0.4, -0.2) is 11.6 Å². The molecule has 0 aliphatic carbocycles. The Kier molecular flexibility index (Phi) is 6.08. The van der Waals surface area contributed by atoms with Crippen molar-refractivity contribution in [3.8, 4) is 0 Å². The number of benzene rings is 2. The van der Waals surface area contributed by atoms with Crippen LogP contribution in [0, 0.1) is 0 Å². The molecule has 0 saturated carbocycles. The van der Waals surface area contributed by atoms with Gasteiger partial charge in [0.15, 0.2) is 11.6 Å². The third-order valence-electron chi connectivity index (χ3n) is 3.76. The summed E-state index contributed by atoms with van der Waals surface area (Å²) in [5.41, 5.74) is 1.98. The smallest absolute Gasteiger partial charge is 0.193 e. The van der Waals surface area contributed by atoms with Crippen molar-refractivity contribution in [2.45, 2.75) is 39.0 Å². The minimum absolute atomic E-state index is 0.0115. The van der Waals surface area contributed by atoms with Gasteiger partial charge in [-0.3, -0.25) is 9.59 Å². The lowest BCUT2D eigenvalue weighted by Gasteiger charge is -2.04. The first kappa shape index (κ1) is 16.2. The molecule has 2 aromatic rings. The van der Waals surface area contributed by atoms with Crippen molar-refractivity contribution >= 4 is 11.6 Å². The van der Waals surface area contributed by atoms with Gasteiger partial charge in [0.1, 0.15) is 0 Å². The molecule has 0 atom stereocenters. The van der Waals surface area contributed by atoms with E-state index in [9.17, 15) is 9.59 Å². The predicted octanol–water partition coefficient (Wildman–Crippen LogP) is 5.07. The summed E-state index contributed by atoms with van der Waals surface area (Å²) >= 11 is 0. The van der Waals surface area contributed by atoms with Gasteiger partial charge in [-0.05, 0) is 6.42 Å². The number of Topliss-reactive ketones (excluding diaryl/α,β-unsaturated/α-hetero) is 1. The van der Waals surface area contributed by atoms with Crippen LogP contribution < -0.4 is 0 Å². The van der Waals surface area contributed by atoms with Crippen molar-refractivity contribution < 1.29 is 9.59 Å². The van der Waals surface area contributed by atoms with Crippen molar-refractivity contribution in [3.05, 3.63) is 71.3 Å². The minimum Gasteiger partial charge on any atom is -0.294 e. The highest BCUT2D eigenvalue weighted by Crippen LogP contribution is 2.13. The highest BCUT2D eigenvalue weighted by atomic mass is 16.1. The summed E-state index contributed by atoms with van der Waals surface area (Å²) in [4.78, 5) is 24.4. The number of hydrogen-bond acceptors (Lipinski definition) is 2. The Morgan fingerprint density at radius 3 is 1.95 bits per heavy atom. The van der Waals surface area contributed by atoms with Crippen LogP contribution in [0.3, 0.4) is 0 Å². The first-order chi connectivity index (χ1) is 10.7. The number of unbranched alkanes of at least 4 members (excludes halogenated alkanes) is 3. The summed E-state index contributed by atoms with van der Waals surface area (Å²) in [6.07, 6.45) is 4.98. The second kappa shape index (κ2) is 8.28. The fraction of sp³-hybridized carbons (Fsp3) is 0.300. The van der Waals surface area contributed by atoms with Crippen molar-refractivity contribution in [2.75, 3.05) is 0 Å². The molecule has 22 heavy (non-hydrogen) atoms. The molecule has 114 valence electrons. The molecular weight excluding hydrogens is 272 g/mol. The number of carbonyl (C=O) groups excluding carboxylic acids is 2. The van der Waals surface area contributed by atoms with E-state index in [1.54, 1.807) is 36.4 Å². The van der Waals surface area contributed by atoms with Gasteiger partial charge >= 0.3 is 0 Å². The highest BCUT2D eigenvalue weighted by molar-refractivity contribution is 6.09.